The normalized spacial score (nSPS) is 22.4. The van der Waals surface area contributed by atoms with Crippen molar-refractivity contribution in [2.24, 2.45) is 11.8 Å². The maximum atomic E-state index is 11.7. The van der Waals surface area contributed by atoms with E-state index in [1.165, 1.54) is 19.3 Å². The standard InChI is InChI=1S/C15H21ClN2O/c1-11-5-6-12(7-11)9-17-10-15(19)18-14-4-2-3-13(16)8-14/h2-4,8,11-12,17H,5-7,9-10H2,1H3,(H,18,19). The molecule has 2 unspecified atom stereocenters. The average Bonchev–Trinajstić information content (AvgIpc) is 2.75. The van der Waals surface area contributed by atoms with Gasteiger partial charge in [-0.1, -0.05) is 31.0 Å². The summed E-state index contributed by atoms with van der Waals surface area (Å²) in [7, 11) is 0. The molecule has 0 heterocycles. The highest BCUT2D eigenvalue weighted by molar-refractivity contribution is 6.30. The minimum absolute atomic E-state index is 0.0201. The van der Waals surface area contributed by atoms with Crippen molar-refractivity contribution in [1.82, 2.24) is 5.32 Å². The molecule has 104 valence electrons. The van der Waals surface area contributed by atoms with Crippen molar-refractivity contribution in [3.8, 4) is 0 Å². The number of amides is 1. The van der Waals surface area contributed by atoms with Gasteiger partial charge >= 0.3 is 0 Å². The minimum atomic E-state index is -0.0201. The molecule has 4 heteroatoms. The molecular weight excluding hydrogens is 260 g/mol. The number of carbonyl (C=O) groups excluding carboxylic acids is 1. The fourth-order valence-electron chi connectivity index (χ4n) is 2.67. The number of nitrogens with one attached hydrogen (secondary N) is 2. The molecule has 1 saturated carbocycles. The number of carbonyl (C=O) groups is 1. The van der Waals surface area contributed by atoms with Crippen molar-refractivity contribution in [1.29, 1.82) is 0 Å². The number of rotatable bonds is 5. The lowest BCUT2D eigenvalue weighted by molar-refractivity contribution is -0.115. The first-order valence-electron chi connectivity index (χ1n) is 6.89. The summed E-state index contributed by atoms with van der Waals surface area (Å²) >= 11 is 5.87. The predicted octanol–water partition coefficient (Wildman–Crippen LogP) is 3.30. The molecule has 3 nitrogen and oxygen atoms in total. The van der Waals surface area contributed by atoms with Crippen LogP contribution in [0.2, 0.25) is 5.02 Å². The number of halogens is 1. The van der Waals surface area contributed by atoms with Crippen LogP contribution < -0.4 is 10.6 Å². The van der Waals surface area contributed by atoms with Gasteiger partial charge in [-0.15, -0.1) is 0 Å². The van der Waals surface area contributed by atoms with Crippen LogP contribution in [0, 0.1) is 11.8 Å². The Labute approximate surface area is 119 Å². The van der Waals surface area contributed by atoms with E-state index in [4.69, 9.17) is 11.6 Å². The Balaban J connectivity index is 1.67. The van der Waals surface area contributed by atoms with Gasteiger partial charge in [-0.25, -0.2) is 0 Å². The highest BCUT2D eigenvalue weighted by Gasteiger charge is 2.20. The third kappa shape index (κ3) is 4.84. The molecule has 1 aliphatic rings. The first kappa shape index (κ1) is 14.4. The van der Waals surface area contributed by atoms with E-state index in [9.17, 15) is 4.79 Å². The molecule has 0 bridgehead atoms. The van der Waals surface area contributed by atoms with Gasteiger partial charge in [0, 0.05) is 10.7 Å². The number of anilines is 1. The summed E-state index contributed by atoms with van der Waals surface area (Å²) in [5.74, 6) is 1.55. The molecule has 0 spiro atoms. The van der Waals surface area contributed by atoms with E-state index in [1.807, 2.05) is 12.1 Å². The maximum absolute atomic E-state index is 11.7. The van der Waals surface area contributed by atoms with Crippen LogP contribution in [0.4, 0.5) is 5.69 Å². The van der Waals surface area contributed by atoms with Crippen molar-refractivity contribution in [2.75, 3.05) is 18.4 Å². The number of benzene rings is 1. The molecular formula is C15H21ClN2O. The van der Waals surface area contributed by atoms with Crippen LogP contribution in [0.15, 0.2) is 24.3 Å². The fourth-order valence-corrected chi connectivity index (χ4v) is 2.86. The summed E-state index contributed by atoms with van der Waals surface area (Å²) < 4.78 is 0. The molecule has 2 rings (SSSR count). The first-order valence-corrected chi connectivity index (χ1v) is 7.27. The summed E-state index contributed by atoms with van der Waals surface area (Å²) in [6.45, 7) is 3.59. The Morgan fingerprint density at radius 1 is 1.42 bits per heavy atom. The molecule has 1 fully saturated rings. The Morgan fingerprint density at radius 2 is 2.26 bits per heavy atom. The Kier molecular flexibility index (Phi) is 5.23. The predicted molar refractivity (Wildman–Crippen MR) is 79.5 cm³/mol. The average molecular weight is 281 g/mol. The molecule has 0 saturated heterocycles. The minimum Gasteiger partial charge on any atom is -0.325 e. The third-order valence-corrected chi connectivity index (χ3v) is 3.87. The summed E-state index contributed by atoms with van der Waals surface area (Å²) in [5, 5.41) is 6.70. The molecule has 1 aromatic rings. The van der Waals surface area contributed by atoms with E-state index in [1.54, 1.807) is 12.1 Å². The molecule has 1 aliphatic carbocycles. The fraction of sp³-hybridized carbons (Fsp3) is 0.533. The second-order valence-corrected chi connectivity index (χ2v) is 5.91. The van der Waals surface area contributed by atoms with Gasteiger partial charge in [0.25, 0.3) is 0 Å². The van der Waals surface area contributed by atoms with E-state index < -0.39 is 0 Å². The third-order valence-electron chi connectivity index (χ3n) is 3.63. The van der Waals surface area contributed by atoms with Gasteiger partial charge in [0.15, 0.2) is 0 Å². The topological polar surface area (TPSA) is 41.1 Å². The Morgan fingerprint density at radius 3 is 2.95 bits per heavy atom. The molecule has 1 amide bonds. The van der Waals surface area contributed by atoms with E-state index in [2.05, 4.69) is 17.6 Å². The van der Waals surface area contributed by atoms with E-state index in [-0.39, 0.29) is 5.91 Å². The second-order valence-electron chi connectivity index (χ2n) is 5.47. The van der Waals surface area contributed by atoms with Gasteiger partial charge in [0.2, 0.25) is 5.91 Å². The van der Waals surface area contributed by atoms with Gasteiger partial charge in [0.05, 0.1) is 6.54 Å². The zero-order valence-electron chi connectivity index (χ0n) is 11.3. The SMILES string of the molecule is CC1CCC(CNCC(=O)Nc2cccc(Cl)c2)C1. The summed E-state index contributed by atoms with van der Waals surface area (Å²) in [4.78, 5) is 11.7. The summed E-state index contributed by atoms with van der Waals surface area (Å²) in [6.07, 6.45) is 3.88. The van der Waals surface area contributed by atoms with Crippen molar-refractivity contribution in [3.63, 3.8) is 0 Å². The van der Waals surface area contributed by atoms with E-state index in [0.29, 0.717) is 11.6 Å². The van der Waals surface area contributed by atoms with Crippen LogP contribution in [0.1, 0.15) is 26.2 Å². The molecule has 0 aromatic heterocycles. The van der Waals surface area contributed by atoms with Crippen LogP contribution in [-0.4, -0.2) is 19.0 Å². The molecule has 0 radical (unpaired) electrons. The number of hydrogen-bond acceptors (Lipinski definition) is 2. The lowest BCUT2D eigenvalue weighted by Crippen LogP contribution is -2.31. The molecule has 0 aliphatic heterocycles. The van der Waals surface area contributed by atoms with Crippen LogP contribution in [0.5, 0.6) is 0 Å². The van der Waals surface area contributed by atoms with Gasteiger partial charge in [-0.05, 0) is 49.4 Å². The lowest BCUT2D eigenvalue weighted by atomic mass is 10.1. The smallest absolute Gasteiger partial charge is 0.238 e. The van der Waals surface area contributed by atoms with Crippen molar-refractivity contribution in [3.05, 3.63) is 29.3 Å². The molecule has 19 heavy (non-hydrogen) atoms. The summed E-state index contributed by atoms with van der Waals surface area (Å²) in [5.41, 5.74) is 0.744. The molecule has 2 atom stereocenters. The number of hydrogen-bond donors (Lipinski definition) is 2. The largest absolute Gasteiger partial charge is 0.325 e. The summed E-state index contributed by atoms with van der Waals surface area (Å²) in [6, 6.07) is 7.20. The van der Waals surface area contributed by atoms with Crippen LogP contribution in [0.25, 0.3) is 0 Å². The van der Waals surface area contributed by atoms with Crippen molar-refractivity contribution in [2.45, 2.75) is 26.2 Å². The van der Waals surface area contributed by atoms with E-state index >= 15 is 0 Å². The molecule has 1 aromatic carbocycles. The van der Waals surface area contributed by atoms with Crippen molar-refractivity contribution < 1.29 is 4.79 Å². The monoisotopic (exact) mass is 280 g/mol. The first-order chi connectivity index (χ1) is 9.13. The van der Waals surface area contributed by atoms with Crippen molar-refractivity contribution >= 4 is 23.2 Å². The van der Waals surface area contributed by atoms with Gasteiger partial charge in [-0.2, -0.15) is 0 Å². The molecule has 2 N–H and O–H groups in total. The van der Waals surface area contributed by atoms with Crippen LogP contribution >= 0.6 is 11.6 Å². The van der Waals surface area contributed by atoms with Crippen LogP contribution in [0.3, 0.4) is 0 Å². The lowest BCUT2D eigenvalue weighted by Gasteiger charge is -2.11. The maximum Gasteiger partial charge on any atom is 0.238 e. The highest BCUT2D eigenvalue weighted by atomic mass is 35.5. The second kappa shape index (κ2) is 6.92. The van der Waals surface area contributed by atoms with Gasteiger partial charge in [0.1, 0.15) is 0 Å². The highest BCUT2D eigenvalue weighted by Crippen LogP contribution is 2.29. The van der Waals surface area contributed by atoms with Gasteiger partial charge in [-0.3, -0.25) is 4.79 Å². The van der Waals surface area contributed by atoms with E-state index in [0.717, 1.165) is 24.1 Å². The zero-order valence-corrected chi connectivity index (χ0v) is 12.0. The zero-order chi connectivity index (χ0) is 13.7. The van der Waals surface area contributed by atoms with Gasteiger partial charge < -0.3 is 10.6 Å². The quantitative estimate of drug-likeness (QED) is 0.869. The Bertz CT molecular complexity index is 436. The van der Waals surface area contributed by atoms with Crippen LogP contribution in [-0.2, 0) is 4.79 Å². The Hall–Kier alpha value is -1.06.